The molecule has 82 valence electrons. The van der Waals surface area contributed by atoms with Crippen LogP contribution in [0, 0.1) is 0 Å². The number of ether oxygens (including phenoxy) is 2. The van der Waals surface area contributed by atoms with Crippen LogP contribution in [0.25, 0.3) is 0 Å². The van der Waals surface area contributed by atoms with Crippen molar-refractivity contribution < 1.29 is 14.3 Å². The first-order valence-corrected chi connectivity index (χ1v) is 5.01. The Morgan fingerprint density at radius 2 is 2.00 bits per heavy atom. The van der Waals surface area contributed by atoms with Gasteiger partial charge in [-0.15, -0.1) is 0 Å². The van der Waals surface area contributed by atoms with Crippen molar-refractivity contribution >= 4 is 5.97 Å². The molecule has 15 heavy (non-hydrogen) atoms. The van der Waals surface area contributed by atoms with E-state index in [1.807, 2.05) is 37.3 Å². The fraction of sp³-hybridized carbons (Fsp3) is 0.417. The summed E-state index contributed by atoms with van der Waals surface area (Å²) < 4.78 is 10.1. The van der Waals surface area contributed by atoms with Crippen molar-refractivity contribution in [2.45, 2.75) is 26.1 Å². The van der Waals surface area contributed by atoms with Gasteiger partial charge in [0.2, 0.25) is 0 Å². The molecule has 0 saturated carbocycles. The van der Waals surface area contributed by atoms with Crippen molar-refractivity contribution in [1.29, 1.82) is 0 Å². The minimum atomic E-state index is -0.450. The van der Waals surface area contributed by atoms with Gasteiger partial charge < -0.3 is 9.47 Å². The second-order valence-corrected chi connectivity index (χ2v) is 3.23. The van der Waals surface area contributed by atoms with Gasteiger partial charge in [0.25, 0.3) is 0 Å². The molecule has 1 atom stereocenters. The Balaban J connectivity index is 2.40. The molecule has 0 fully saturated rings. The maximum atomic E-state index is 11.4. The smallest absolute Gasteiger partial charge is 0.335 e. The maximum Gasteiger partial charge on any atom is 0.335 e. The maximum absolute atomic E-state index is 11.4. The summed E-state index contributed by atoms with van der Waals surface area (Å²) in [6.45, 7) is 2.19. The third-order valence-electron chi connectivity index (χ3n) is 2.14. The molecule has 1 aromatic carbocycles. The summed E-state index contributed by atoms with van der Waals surface area (Å²) in [6, 6.07) is 9.59. The molecule has 3 nitrogen and oxygen atoms in total. The Labute approximate surface area is 90.0 Å². The highest BCUT2D eigenvalue weighted by atomic mass is 16.6. The van der Waals surface area contributed by atoms with Crippen LogP contribution < -0.4 is 0 Å². The lowest BCUT2D eigenvalue weighted by Crippen LogP contribution is -2.24. The van der Waals surface area contributed by atoms with E-state index in [0.29, 0.717) is 13.0 Å². The predicted octanol–water partition coefficient (Wildman–Crippen LogP) is 2.15. The van der Waals surface area contributed by atoms with Crippen molar-refractivity contribution in [2.24, 2.45) is 0 Å². The van der Waals surface area contributed by atoms with E-state index >= 15 is 0 Å². The quantitative estimate of drug-likeness (QED) is 0.695. The molecule has 0 spiro atoms. The number of esters is 1. The average Bonchev–Trinajstić information content (AvgIpc) is 2.29. The van der Waals surface area contributed by atoms with Crippen molar-refractivity contribution in [3.8, 4) is 0 Å². The molecule has 0 aliphatic rings. The summed E-state index contributed by atoms with van der Waals surface area (Å²) in [4.78, 5) is 11.4. The Morgan fingerprint density at radius 1 is 1.33 bits per heavy atom. The van der Waals surface area contributed by atoms with E-state index in [0.717, 1.165) is 5.56 Å². The van der Waals surface area contributed by atoms with E-state index in [-0.39, 0.29) is 5.97 Å². The van der Waals surface area contributed by atoms with Crippen molar-refractivity contribution in [3.63, 3.8) is 0 Å². The monoisotopic (exact) mass is 208 g/mol. The molecule has 0 aliphatic carbocycles. The third kappa shape index (κ3) is 3.72. The van der Waals surface area contributed by atoms with Crippen molar-refractivity contribution in [1.82, 2.24) is 0 Å². The molecular weight excluding hydrogens is 192 g/mol. The SMILES string of the molecule is CC[C@H](OC)C(=O)OCc1ccccc1. The zero-order valence-corrected chi connectivity index (χ0v) is 9.10. The lowest BCUT2D eigenvalue weighted by atomic mass is 10.2. The fourth-order valence-electron chi connectivity index (χ4n) is 1.25. The fourth-order valence-corrected chi connectivity index (χ4v) is 1.25. The molecule has 0 unspecified atom stereocenters. The molecule has 0 N–H and O–H groups in total. The number of rotatable bonds is 5. The molecule has 0 bridgehead atoms. The average molecular weight is 208 g/mol. The second-order valence-electron chi connectivity index (χ2n) is 3.23. The number of methoxy groups -OCH3 is 1. The summed E-state index contributed by atoms with van der Waals surface area (Å²) >= 11 is 0. The first kappa shape index (κ1) is 11.7. The number of benzene rings is 1. The van der Waals surface area contributed by atoms with Crippen LogP contribution in [-0.2, 0) is 20.9 Å². The largest absolute Gasteiger partial charge is 0.459 e. The number of carbonyl (C=O) groups excluding carboxylic acids is 1. The number of carbonyl (C=O) groups is 1. The van der Waals surface area contributed by atoms with Crippen molar-refractivity contribution in [3.05, 3.63) is 35.9 Å². The molecule has 3 heteroatoms. The molecule has 0 aliphatic heterocycles. The predicted molar refractivity (Wildman–Crippen MR) is 57.3 cm³/mol. The zero-order valence-electron chi connectivity index (χ0n) is 9.10. The van der Waals surface area contributed by atoms with E-state index in [4.69, 9.17) is 9.47 Å². The van der Waals surface area contributed by atoms with Crippen LogP contribution in [0.15, 0.2) is 30.3 Å². The van der Waals surface area contributed by atoms with E-state index < -0.39 is 6.10 Å². The van der Waals surface area contributed by atoms with Gasteiger partial charge in [-0.2, -0.15) is 0 Å². The second kappa shape index (κ2) is 6.19. The summed E-state index contributed by atoms with van der Waals surface area (Å²) in [5, 5.41) is 0. The van der Waals surface area contributed by atoms with Crippen LogP contribution in [0.4, 0.5) is 0 Å². The zero-order chi connectivity index (χ0) is 11.1. The molecule has 0 saturated heterocycles. The lowest BCUT2D eigenvalue weighted by molar-refractivity contribution is -0.156. The standard InChI is InChI=1S/C12H16O3/c1-3-11(14-2)12(13)15-9-10-7-5-4-6-8-10/h4-8,11H,3,9H2,1-2H3/t11-/m0/s1. The van der Waals surface area contributed by atoms with Crippen LogP contribution in [0.2, 0.25) is 0 Å². The Kier molecular flexibility index (Phi) is 4.84. The Bertz CT molecular complexity index is 291. The van der Waals surface area contributed by atoms with Gasteiger partial charge in [0, 0.05) is 7.11 Å². The highest BCUT2D eigenvalue weighted by Crippen LogP contribution is 2.04. The number of hydrogen-bond donors (Lipinski definition) is 0. The highest BCUT2D eigenvalue weighted by molar-refractivity contribution is 5.74. The summed E-state index contributed by atoms with van der Waals surface area (Å²) in [6.07, 6.45) is 0.179. The van der Waals surface area contributed by atoms with Gasteiger partial charge in [0.1, 0.15) is 6.61 Å². The topological polar surface area (TPSA) is 35.5 Å². The minimum Gasteiger partial charge on any atom is -0.459 e. The lowest BCUT2D eigenvalue weighted by Gasteiger charge is -2.12. The first-order chi connectivity index (χ1) is 7.27. The van der Waals surface area contributed by atoms with Crippen LogP contribution in [-0.4, -0.2) is 19.2 Å². The van der Waals surface area contributed by atoms with E-state index in [2.05, 4.69) is 0 Å². The van der Waals surface area contributed by atoms with Gasteiger partial charge >= 0.3 is 5.97 Å². The van der Waals surface area contributed by atoms with E-state index in [1.54, 1.807) is 0 Å². The number of hydrogen-bond acceptors (Lipinski definition) is 3. The molecule has 0 aromatic heterocycles. The minimum absolute atomic E-state index is 0.302. The highest BCUT2D eigenvalue weighted by Gasteiger charge is 2.16. The molecule has 0 radical (unpaired) electrons. The van der Waals surface area contributed by atoms with Crippen LogP contribution >= 0.6 is 0 Å². The Morgan fingerprint density at radius 3 is 2.53 bits per heavy atom. The van der Waals surface area contributed by atoms with E-state index in [9.17, 15) is 4.79 Å². The molecule has 1 aromatic rings. The first-order valence-electron chi connectivity index (χ1n) is 5.01. The van der Waals surface area contributed by atoms with Crippen LogP contribution in [0.1, 0.15) is 18.9 Å². The molecule has 0 heterocycles. The third-order valence-corrected chi connectivity index (χ3v) is 2.14. The molecular formula is C12H16O3. The van der Waals surface area contributed by atoms with Gasteiger partial charge in [0.15, 0.2) is 6.10 Å². The van der Waals surface area contributed by atoms with Gasteiger partial charge in [-0.25, -0.2) is 4.79 Å². The summed E-state index contributed by atoms with van der Waals surface area (Å²) in [7, 11) is 1.51. The van der Waals surface area contributed by atoms with Gasteiger partial charge in [-0.05, 0) is 12.0 Å². The summed E-state index contributed by atoms with van der Waals surface area (Å²) in [5.41, 5.74) is 0.983. The van der Waals surface area contributed by atoms with Gasteiger partial charge in [-0.1, -0.05) is 37.3 Å². The van der Waals surface area contributed by atoms with Gasteiger partial charge in [0.05, 0.1) is 0 Å². The van der Waals surface area contributed by atoms with Crippen LogP contribution in [0.5, 0.6) is 0 Å². The summed E-state index contributed by atoms with van der Waals surface area (Å²) in [5.74, 6) is -0.302. The normalized spacial score (nSPS) is 12.1. The molecule has 1 rings (SSSR count). The van der Waals surface area contributed by atoms with Gasteiger partial charge in [-0.3, -0.25) is 0 Å². The van der Waals surface area contributed by atoms with E-state index in [1.165, 1.54) is 7.11 Å². The van der Waals surface area contributed by atoms with Crippen molar-refractivity contribution in [2.75, 3.05) is 7.11 Å². The Hall–Kier alpha value is -1.35. The molecule has 0 amide bonds. The van der Waals surface area contributed by atoms with Crippen LogP contribution in [0.3, 0.4) is 0 Å².